The van der Waals surface area contributed by atoms with Gasteiger partial charge >= 0.3 is 0 Å². The highest BCUT2D eigenvalue weighted by molar-refractivity contribution is 5.94. The summed E-state index contributed by atoms with van der Waals surface area (Å²) in [5.74, 6) is -0.892. The Morgan fingerprint density at radius 3 is 2.81 bits per heavy atom. The lowest BCUT2D eigenvalue weighted by Gasteiger charge is -2.32. The number of aromatic hydroxyl groups is 1. The van der Waals surface area contributed by atoms with Crippen molar-refractivity contribution in [3.63, 3.8) is 0 Å². The molecule has 26 heavy (non-hydrogen) atoms. The van der Waals surface area contributed by atoms with Gasteiger partial charge in [0.15, 0.2) is 5.69 Å². The van der Waals surface area contributed by atoms with Gasteiger partial charge in [0.1, 0.15) is 11.4 Å². The third-order valence-corrected chi connectivity index (χ3v) is 4.61. The minimum atomic E-state index is -0.812. The average Bonchev–Trinajstić information content (AvgIpc) is 2.57. The summed E-state index contributed by atoms with van der Waals surface area (Å²) in [7, 11) is 0. The minimum Gasteiger partial charge on any atom is -0.501 e. The molecule has 1 aliphatic heterocycles. The van der Waals surface area contributed by atoms with E-state index in [4.69, 9.17) is 4.74 Å². The highest BCUT2D eigenvalue weighted by Crippen LogP contribution is 2.27. The van der Waals surface area contributed by atoms with Crippen molar-refractivity contribution in [1.29, 1.82) is 0 Å². The summed E-state index contributed by atoms with van der Waals surface area (Å²) in [5, 5.41) is 12.9. The number of aryl methyl sites for hydroxylation is 2. The maximum Gasteiger partial charge on any atom is 0.296 e. The van der Waals surface area contributed by atoms with Crippen molar-refractivity contribution in [2.45, 2.75) is 46.4 Å². The molecule has 2 N–H and O–H groups in total. The predicted molar refractivity (Wildman–Crippen MR) is 96.2 cm³/mol. The highest BCUT2D eigenvalue weighted by Gasteiger charge is 2.34. The van der Waals surface area contributed by atoms with E-state index in [1.165, 1.54) is 4.57 Å². The molecule has 0 radical (unpaired) electrons. The Bertz CT molecular complexity index is 931. The molecule has 1 aromatic carbocycles. The van der Waals surface area contributed by atoms with Crippen molar-refractivity contribution in [2.75, 3.05) is 6.61 Å². The topological polar surface area (TPSA) is 93.5 Å². The van der Waals surface area contributed by atoms with Gasteiger partial charge in [-0.25, -0.2) is 4.98 Å². The van der Waals surface area contributed by atoms with E-state index in [1.54, 1.807) is 13.8 Å². The third-order valence-electron chi connectivity index (χ3n) is 4.61. The number of aromatic nitrogens is 2. The van der Waals surface area contributed by atoms with E-state index in [9.17, 15) is 14.7 Å². The first-order valence-electron chi connectivity index (χ1n) is 8.53. The zero-order valence-electron chi connectivity index (χ0n) is 15.4. The van der Waals surface area contributed by atoms with Gasteiger partial charge in [0, 0.05) is 6.54 Å². The Balaban J connectivity index is 1.90. The summed E-state index contributed by atoms with van der Waals surface area (Å²) in [6, 6.07) is 5.94. The van der Waals surface area contributed by atoms with Gasteiger partial charge in [-0.1, -0.05) is 23.8 Å². The van der Waals surface area contributed by atoms with Gasteiger partial charge in [-0.05, 0) is 38.8 Å². The molecular formula is C19H23N3O4. The van der Waals surface area contributed by atoms with E-state index in [0.717, 1.165) is 16.7 Å². The number of ether oxygens (including phenoxy) is 1. The first-order chi connectivity index (χ1) is 12.2. The number of hydrogen-bond acceptors (Lipinski definition) is 5. The number of benzene rings is 1. The van der Waals surface area contributed by atoms with Crippen molar-refractivity contribution >= 4 is 5.91 Å². The fourth-order valence-corrected chi connectivity index (χ4v) is 3.13. The maximum absolute atomic E-state index is 12.5. The van der Waals surface area contributed by atoms with Gasteiger partial charge < -0.3 is 15.2 Å². The van der Waals surface area contributed by atoms with E-state index < -0.39 is 22.8 Å². The van der Waals surface area contributed by atoms with E-state index in [0.29, 0.717) is 19.0 Å². The first-order valence-corrected chi connectivity index (χ1v) is 8.53. The fourth-order valence-electron chi connectivity index (χ4n) is 3.13. The molecule has 0 aliphatic carbocycles. The van der Waals surface area contributed by atoms with Crippen molar-refractivity contribution in [3.05, 3.63) is 56.8 Å². The Morgan fingerprint density at radius 2 is 2.12 bits per heavy atom. The molecule has 0 saturated carbocycles. The van der Waals surface area contributed by atoms with Gasteiger partial charge in [-0.3, -0.25) is 14.2 Å². The van der Waals surface area contributed by atoms with E-state index in [-0.39, 0.29) is 12.2 Å². The lowest BCUT2D eigenvalue weighted by molar-refractivity contribution is -0.0566. The molecule has 0 bridgehead atoms. The first kappa shape index (κ1) is 18.1. The van der Waals surface area contributed by atoms with Gasteiger partial charge in [-0.2, -0.15) is 0 Å². The molecule has 2 heterocycles. The van der Waals surface area contributed by atoms with Crippen LogP contribution in [0.5, 0.6) is 5.75 Å². The number of rotatable bonds is 3. The van der Waals surface area contributed by atoms with Crippen LogP contribution in [-0.4, -0.2) is 27.2 Å². The van der Waals surface area contributed by atoms with Crippen LogP contribution in [0.2, 0.25) is 0 Å². The van der Waals surface area contributed by atoms with E-state index in [1.807, 2.05) is 32.0 Å². The number of amides is 1. The largest absolute Gasteiger partial charge is 0.501 e. The Morgan fingerprint density at radius 1 is 1.38 bits per heavy atom. The molecule has 2 aromatic rings. The molecule has 0 unspecified atom stereocenters. The summed E-state index contributed by atoms with van der Waals surface area (Å²) in [4.78, 5) is 29.2. The molecule has 3 rings (SSSR count). The number of nitrogens with zero attached hydrogens (tertiary/aromatic N) is 2. The molecule has 0 atom stereocenters. The quantitative estimate of drug-likeness (QED) is 0.873. The number of carbonyl (C=O) groups is 1. The standard InChI is InChI=1S/C19H23N3O4/c1-11-5-6-13(12(2)9-11)10-20-16(24)14-15(23)17(25)22-7-8-26-19(3,4)18(22)21-14/h5-6,9,23H,7-8,10H2,1-4H3,(H,20,24). The number of nitrogens with one attached hydrogen (secondary N) is 1. The Kier molecular flexibility index (Phi) is 4.58. The molecule has 7 nitrogen and oxygen atoms in total. The maximum atomic E-state index is 12.5. The van der Waals surface area contributed by atoms with Crippen LogP contribution in [0.1, 0.15) is 46.9 Å². The van der Waals surface area contributed by atoms with Crippen LogP contribution in [-0.2, 0) is 23.4 Å². The van der Waals surface area contributed by atoms with Crippen LogP contribution in [0, 0.1) is 13.8 Å². The third kappa shape index (κ3) is 3.22. The second kappa shape index (κ2) is 6.57. The van der Waals surface area contributed by atoms with Crippen LogP contribution in [0.4, 0.5) is 0 Å². The lowest BCUT2D eigenvalue weighted by Crippen LogP contribution is -2.42. The smallest absolute Gasteiger partial charge is 0.296 e. The molecule has 1 aliphatic rings. The average molecular weight is 357 g/mol. The van der Waals surface area contributed by atoms with Crippen molar-refractivity contribution < 1.29 is 14.6 Å². The highest BCUT2D eigenvalue weighted by atomic mass is 16.5. The fraction of sp³-hybridized carbons (Fsp3) is 0.421. The van der Waals surface area contributed by atoms with Gasteiger partial charge in [0.25, 0.3) is 11.5 Å². The second-order valence-corrected chi connectivity index (χ2v) is 7.06. The molecule has 1 aromatic heterocycles. The Labute approximate surface area is 151 Å². The molecule has 0 spiro atoms. The molecule has 7 heteroatoms. The lowest BCUT2D eigenvalue weighted by atomic mass is 10.1. The SMILES string of the molecule is Cc1ccc(CNC(=O)c2nc3n(c(=O)c2O)CCOC3(C)C)c(C)c1. The van der Waals surface area contributed by atoms with Crippen LogP contribution < -0.4 is 10.9 Å². The number of fused-ring (bicyclic) bond motifs is 1. The van der Waals surface area contributed by atoms with Gasteiger partial charge in [-0.15, -0.1) is 0 Å². The summed E-state index contributed by atoms with van der Waals surface area (Å²) in [6.45, 7) is 8.45. The van der Waals surface area contributed by atoms with E-state index >= 15 is 0 Å². The molecule has 1 amide bonds. The number of carbonyl (C=O) groups excluding carboxylic acids is 1. The normalized spacial score (nSPS) is 15.4. The second-order valence-electron chi connectivity index (χ2n) is 7.06. The summed E-state index contributed by atoms with van der Waals surface area (Å²) >= 11 is 0. The zero-order chi connectivity index (χ0) is 19.1. The van der Waals surface area contributed by atoms with Crippen molar-refractivity contribution in [1.82, 2.24) is 14.9 Å². The molecule has 0 saturated heterocycles. The molecule has 0 fully saturated rings. The summed E-state index contributed by atoms with van der Waals surface area (Å²) in [5.41, 5.74) is 1.45. The van der Waals surface area contributed by atoms with Crippen LogP contribution in [0.15, 0.2) is 23.0 Å². The Hall–Kier alpha value is -2.67. The molecular weight excluding hydrogens is 334 g/mol. The van der Waals surface area contributed by atoms with Crippen LogP contribution in [0.3, 0.4) is 0 Å². The van der Waals surface area contributed by atoms with Crippen molar-refractivity contribution in [3.8, 4) is 5.75 Å². The summed E-state index contributed by atoms with van der Waals surface area (Å²) < 4.78 is 7.00. The predicted octanol–water partition coefficient (Wildman–Crippen LogP) is 1.76. The van der Waals surface area contributed by atoms with Crippen LogP contribution >= 0.6 is 0 Å². The number of hydrogen-bond donors (Lipinski definition) is 2. The summed E-state index contributed by atoms with van der Waals surface area (Å²) in [6.07, 6.45) is 0. The molecule has 138 valence electrons. The van der Waals surface area contributed by atoms with Crippen molar-refractivity contribution in [2.24, 2.45) is 0 Å². The monoisotopic (exact) mass is 357 g/mol. The van der Waals surface area contributed by atoms with Gasteiger partial charge in [0.2, 0.25) is 5.75 Å². The zero-order valence-corrected chi connectivity index (χ0v) is 15.4. The van der Waals surface area contributed by atoms with Gasteiger partial charge in [0.05, 0.1) is 13.2 Å². The van der Waals surface area contributed by atoms with Crippen LogP contribution in [0.25, 0.3) is 0 Å². The minimum absolute atomic E-state index is 0.274. The van der Waals surface area contributed by atoms with E-state index in [2.05, 4.69) is 10.3 Å².